The van der Waals surface area contributed by atoms with Crippen molar-refractivity contribution in [3.05, 3.63) is 88.6 Å². The topological polar surface area (TPSA) is 93.3 Å². The first-order chi connectivity index (χ1) is 20.0. The molecule has 212 valence electrons. The second-order valence-corrected chi connectivity index (χ2v) is 10.4. The number of morpholine rings is 1. The molecule has 0 radical (unpaired) electrons. The number of halogens is 1. The Kier molecular flexibility index (Phi) is 7.71. The Morgan fingerprint density at radius 1 is 0.951 bits per heavy atom. The summed E-state index contributed by atoms with van der Waals surface area (Å²) in [5.41, 5.74) is 3.87. The highest BCUT2D eigenvalue weighted by Crippen LogP contribution is 2.40. The number of rotatable bonds is 6. The maximum absolute atomic E-state index is 13.5. The van der Waals surface area contributed by atoms with Gasteiger partial charge in [0, 0.05) is 41.3 Å². The van der Waals surface area contributed by atoms with Gasteiger partial charge in [0.1, 0.15) is 23.3 Å². The summed E-state index contributed by atoms with van der Waals surface area (Å²) in [7, 11) is 1.59. The van der Waals surface area contributed by atoms with Gasteiger partial charge in [-0.1, -0.05) is 23.7 Å². The van der Waals surface area contributed by atoms with Gasteiger partial charge in [-0.3, -0.25) is 9.69 Å². The number of nitrogens with one attached hydrogen (secondary N) is 1. The fourth-order valence-electron chi connectivity index (χ4n) is 5.40. The Bertz CT molecular complexity index is 1550. The molecule has 1 saturated heterocycles. The second-order valence-electron chi connectivity index (χ2n) is 9.95. The van der Waals surface area contributed by atoms with E-state index < -0.39 is 12.1 Å². The number of amides is 2. The predicted octanol–water partition coefficient (Wildman–Crippen LogP) is 5.21. The summed E-state index contributed by atoms with van der Waals surface area (Å²) in [6, 6.07) is 19.7. The maximum Gasteiger partial charge on any atom is 0.416 e. The Morgan fingerprint density at radius 2 is 1.66 bits per heavy atom. The molecule has 1 fully saturated rings. The van der Waals surface area contributed by atoms with Crippen LogP contribution >= 0.6 is 11.6 Å². The highest BCUT2D eigenvalue weighted by atomic mass is 35.5. The minimum absolute atomic E-state index is 0.0456. The molecule has 4 aromatic rings. The van der Waals surface area contributed by atoms with Crippen molar-refractivity contribution in [1.29, 1.82) is 0 Å². The number of hydrogen-bond donors (Lipinski definition) is 1. The smallest absolute Gasteiger partial charge is 0.416 e. The molecule has 1 atom stereocenters. The number of fused-ring (bicyclic) bond motifs is 3. The van der Waals surface area contributed by atoms with Gasteiger partial charge in [-0.2, -0.15) is 0 Å². The van der Waals surface area contributed by atoms with Crippen LogP contribution < -0.4 is 14.2 Å². The van der Waals surface area contributed by atoms with Crippen molar-refractivity contribution in [2.75, 3.05) is 46.6 Å². The number of aromatic amines is 1. The molecular weight excluding hydrogens is 546 g/mol. The van der Waals surface area contributed by atoms with E-state index in [1.54, 1.807) is 41.2 Å². The molecule has 0 bridgehead atoms. The molecule has 1 N–H and O–H groups in total. The zero-order valence-electron chi connectivity index (χ0n) is 22.6. The van der Waals surface area contributed by atoms with Crippen LogP contribution in [0, 0.1) is 0 Å². The largest absolute Gasteiger partial charge is 0.497 e. The van der Waals surface area contributed by atoms with E-state index >= 15 is 0 Å². The molecule has 3 aromatic carbocycles. The molecule has 10 heteroatoms. The van der Waals surface area contributed by atoms with Crippen molar-refractivity contribution in [3.63, 3.8) is 0 Å². The number of nitrogens with zero attached hydrogens (tertiary/aromatic N) is 2. The van der Waals surface area contributed by atoms with Crippen LogP contribution in [0.1, 0.15) is 22.9 Å². The van der Waals surface area contributed by atoms with Crippen LogP contribution in [0.5, 0.6) is 17.2 Å². The van der Waals surface area contributed by atoms with Gasteiger partial charge in [0.15, 0.2) is 6.61 Å². The standard InChI is InChI=1S/C31H30ClN3O6/c1-38-22-7-9-24(10-8-22)41-31(37)35-13-12-25-26-18-21(32)4-11-27(26)33-29(25)30(35)20-2-5-23(6-3-20)40-19-28(36)34-14-16-39-17-15-34/h2-11,18,30,33H,12-17,19H2,1H3. The van der Waals surface area contributed by atoms with E-state index in [4.69, 9.17) is 30.5 Å². The third-order valence-electron chi connectivity index (χ3n) is 7.51. The van der Waals surface area contributed by atoms with Crippen LogP contribution in [-0.4, -0.2) is 73.3 Å². The van der Waals surface area contributed by atoms with E-state index in [1.807, 2.05) is 42.5 Å². The van der Waals surface area contributed by atoms with Crippen LogP contribution in [0.15, 0.2) is 66.7 Å². The quantitative estimate of drug-likeness (QED) is 0.339. The van der Waals surface area contributed by atoms with Crippen molar-refractivity contribution in [2.45, 2.75) is 12.5 Å². The molecule has 41 heavy (non-hydrogen) atoms. The van der Waals surface area contributed by atoms with E-state index in [0.717, 1.165) is 27.7 Å². The zero-order valence-corrected chi connectivity index (χ0v) is 23.4. The maximum atomic E-state index is 13.5. The number of carbonyl (C=O) groups excluding carboxylic acids is 2. The molecule has 2 amide bonds. The first-order valence-corrected chi connectivity index (χ1v) is 13.9. The van der Waals surface area contributed by atoms with Gasteiger partial charge < -0.3 is 28.8 Å². The minimum Gasteiger partial charge on any atom is -0.497 e. The first-order valence-electron chi connectivity index (χ1n) is 13.5. The lowest BCUT2D eigenvalue weighted by Crippen LogP contribution is -2.43. The summed E-state index contributed by atoms with van der Waals surface area (Å²) in [6.07, 6.45) is 0.188. The summed E-state index contributed by atoms with van der Waals surface area (Å²) in [4.78, 5) is 33.0. The lowest BCUT2D eigenvalue weighted by molar-refractivity contribution is -0.137. The Balaban J connectivity index is 1.26. The van der Waals surface area contributed by atoms with E-state index in [2.05, 4.69) is 4.98 Å². The summed E-state index contributed by atoms with van der Waals surface area (Å²) in [5.74, 6) is 1.61. The average Bonchev–Trinajstić information content (AvgIpc) is 3.38. The van der Waals surface area contributed by atoms with Crippen molar-refractivity contribution in [3.8, 4) is 17.2 Å². The van der Waals surface area contributed by atoms with E-state index in [-0.39, 0.29) is 12.5 Å². The number of ether oxygens (including phenoxy) is 4. The number of benzene rings is 3. The van der Waals surface area contributed by atoms with E-state index in [0.29, 0.717) is 61.5 Å². The van der Waals surface area contributed by atoms with Gasteiger partial charge in [0.2, 0.25) is 0 Å². The second kappa shape index (κ2) is 11.7. The van der Waals surface area contributed by atoms with Crippen molar-refractivity contribution in [1.82, 2.24) is 14.8 Å². The van der Waals surface area contributed by atoms with Gasteiger partial charge in [-0.25, -0.2) is 4.79 Å². The van der Waals surface area contributed by atoms with Gasteiger partial charge >= 0.3 is 6.09 Å². The first kappa shape index (κ1) is 27.0. The molecule has 2 aliphatic heterocycles. The molecule has 0 spiro atoms. The Labute approximate surface area is 242 Å². The summed E-state index contributed by atoms with van der Waals surface area (Å²) >= 11 is 6.33. The molecule has 0 saturated carbocycles. The average molecular weight is 576 g/mol. The SMILES string of the molecule is COc1ccc(OC(=O)N2CCc3c([nH]c4ccc(Cl)cc34)C2c2ccc(OCC(=O)N3CCOCC3)cc2)cc1. The highest BCUT2D eigenvalue weighted by Gasteiger charge is 2.36. The van der Waals surface area contributed by atoms with Gasteiger partial charge in [0.25, 0.3) is 5.91 Å². The molecule has 1 aromatic heterocycles. The molecule has 9 nitrogen and oxygen atoms in total. The summed E-state index contributed by atoms with van der Waals surface area (Å²) in [6.45, 7) is 2.64. The lowest BCUT2D eigenvalue weighted by Gasteiger charge is -2.35. The van der Waals surface area contributed by atoms with Crippen molar-refractivity contribution < 1.29 is 28.5 Å². The molecule has 3 heterocycles. The van der Waals surface area contributed by atoms with Crippen LogP contribution in [0.25, 0.3) is 10.9 Å². The number of hydrogen-bond acceptors (Lipinski definition) is 6. The van der Waals surface area contributed by atoms with Crippen LogP contribution in [0.2, 0.25) is 5.02 Å². The summed E-state index contributed by atoms with van der Waals surface area (Å²) in [5, 5.41) is 1.70. The minimum atomic E-state index is -0.459. The zero-order chi connectivity index (χ0) is 28.3. The van der Waals surface area contributed by atoms with Crippen molar-refractivity contribution in [2.24, 2.45) is 0 Å². The lowest BCUT2D eigenvalue weighted by atomic mass is 9.92. The van der Waals surface area contributed by atoms with E-state index in [9.17, 15) is 9.59 Å². The number of aromatic nitrogens is 1. The third-order valence-corrected chi connectivity index (χ3v) is 7.75. The van der Waals surface area contributed by atoms with Gasteiger partial charge in [0.05, 0.1) is 20.3 Å². The summed E-state index contributed by atoms with van der Waals surface area (Å²) < 4.78 is 22.1. The Morgan fingerprint density at radius 3 is 2.39 bits per heavy atom. The third kappa shape index (κ3) is 5.68. The molecule has 1 unspecified atom stereocenters. The van der Waals surface area contributed by atoms with Crippen LogP contribution in [0.4, 0.5) is 4.79 Å². The predicted molar refractivity (Wildman–Crippen MR) is 154 cm³/mol. The molecule has 6 rings (SSSR count). The normalized spacial score (nSPS) is 16.8. The van der Waals surface area contributed by atoms with Crippen molar-refractivity contribution >= 4 is 34.5 Å². The molecule has 2 aliphatic rings. The van der Waals surface area contributed by atoms with Crippen LogP contribution in [0.3, 0.4) is 0 Å². The highest BCUT2D eigenvalue weighted by molar-refractivity contribution is 6.31. The van der Waals surface area contributed by atoms with Crippen LogP contribution in [-0.2, 0) is 16.0 Å². The van der Waals surface area contributed by atoms with Gasteiger partial charge in [-0.15, -0.1) is 0 Å². The monoisotopic (exact) mass is 575 g/mol. The molecular formula is C31H30ClN3O6. The molecule has 0 aliphatic carbocycles. The fourth-order valence-corrected chi connectivity index (χ4v) is 5.57. The number of H-pyrrole nitrogens is 1. The van der Waals surface area contributed by atoms with Gasteiger partial charge in [-0.05, 0) is 72.1 Å². The van der Waals surface area contributed by atoms with E-state index in [1.165, 1.54) is 0 Å². The Hall–Kier alpha value is -4.21. The number of carbonyl (C=O) groups is 2. The number of methoxy groups -OCH3 is 1. The fraction of sp³-hybridized carbons (Fsp3) is 0.290.